The van der Waals surface area contributed by atoms with Gasteiger partial charge in [-0.1, -0.05) is 20.8 Å². The molecule has 1 aromatic rings. The van der Waals surface area contributed by atoms with E-state index in [-0.39, 0.29) is 6.42 Å². The number of alkyl halides is 3. The Morgan fingerprint density at radius 3 is 2.20 bits per heavy atom. The van der Waals surface area contributed by atoms with Crippen LogP contribution in [0.2, 0.25) is 0 Å². The van der Waals surface area contributed by atoms with Gasteiger partial charge in [-0.15, -0.1) is 11.3 Å². The highest BCUT2D eigenvalue weighted by molar-refractivity contribution is 7.11. The third-order valence-corrected chi connectivity index (χ3v) is 3.96. The molecule has 1 unspecified atom stereocenters. The minimum atomic E-state index is -4.47. The Kier molecular flexibility index (Phi) is 4.84. The zero-order valence-electron chi connectivity index (χ0n) is 12.2. The maximum atomic E-state index is 13.0. The normalized spacial score (nSPS) is 14.2. The molecule has 0 saturated heterocycles. The third-order valence-electron chi connectivity index (χ3n) is 2.88. The standard InChI is InChI=1S/C13H19F3N2OS/c1-7-8(2)20-10(17-7)6-9(19)18-11(12(3,4)5)13(14,15)16/h11H,6H2,1-5H3,(H,18,19). The summed E-state index contributed by atoms with van der Waals surface area (Å²) in [7, 11) is 0. The Labute approximate surface area is 120 Å². The minimum Gasteiger partial charge on any atom is -0.344 e. The largest absolute Gasteiger partial charge is 0.409 e. The Morgan fingerprint density at radius 1 is 1.30 bits per heavy atom. The number of hydrogen-bond donors (Lipinski definition) is 1. The Balaban J connectivity index is 2.77. The molecular weight excluding hydrogens is 289 g/mol. The van der Waals surface area contributed by atoms with Gasteiger partial charge in [0.25, 0.3) is 0 Å². The molecule has 0 aliphatic carbocycles. The highest BCUT2D eigenvalue weighted by atomic mass is 32.1. The monoisotopic (exact) mass is 308 g/mol. The van der Waals surface area contributed by atoms with Gasteiger partial charge in [-0.05, 0) is 19.3 Å². The number of carbonyl (C=O) groups is 1. The molecule has 114 valence electrons. The first-order valence-electron chi connectivity index (χ1n) is 6.20. The van der Waals surface area contributed by atoms with Crippen LogP contribution in [0.25, 0.3) is 0 Å². The van der Waals surface area contributed by atoms with E-state index in [2.05, 4.69) is 10.3 Å². The lowest BCUT2D eigenvalue weighted by molar-refractivity contribution is -0.180. The lowest BCUT2D eigenvalue weighted by Gasteiger charge is -2.32. The van der Waals surface area contributed by atoms with Gasteiger partial charge in [0.05, 0.1) is 12.1 Å². The molecule has 1 amide bonds. The summed E-state index contributed by atoms with van der Waals surface area (Å²) < 4.78 is 38.9. The molecule has 1 atom stereocenters. The van der Waals surface area contributed by atoms with Crippen molar-refractivity contribution < 1.29 is 18.0 Å². The fourth-order valence-electron chi connectivity index (χ4n) is 1.75. The molecule has 0 aliphatic rings. The summed E-state index contributed by atoms with van der Waals surface area (Å²) in [5.74, 6) is -0.656. The Bertz CT molecular complexity index is 455. The van der Waals surface area contributed by atoms with Gasteiger partial charge in [-0.25, -0.2) is 4.98 Å². The molecule has 1 aromatic heterocycles. The van der Waals surface area contributed by atoms with Crippen LogP contribution in [-0.4, -0.2) is 23.1 Å². The average Bonchev–Trinajstić information content (AvgIpc) is 2.51. The van der Waals surface area contributed by atoms with Gasteiger partial charge in [0.15, 0.2) is 0 Å². The number of rotatable bonds is 3. The second-order valence-electron chi connectivity index (χ2n) is 5.83. The number of aromatic nitrogens is 1. The van der Waals surface area contributed by atoms with E-state index in [1.165, 1.54) is 32.1 Å². The molecule has 20 heavy (non-hydrogen) atoms. The van der Waals surface area contributed by atoms with Crippen molar-refractivity contribution in [1.29, 1.82) is 0 Å². The number of carbonyl (C=O) groups excluding carboxylic acids is 1. The summed E-state index contributed by atoms with van der Waals surface area (Å²) in [4.78, 5) is 16.9. The van der Waals surface area contributed by atoms with Crippen molar-refractivity contribution in [3.63, 3.8) is 0 Å². The molecule has 0 fully saturated rings. The van der Waals surface area contributed by atoms with Crippen LogP contribution in [0.4, 0.5) is 13.2 Å². The smallest absolute Gasteiger partial charge is 0.344 e. The molecule has 1 N–H and O–H groups in total. The van der Waals surface area contributed by atoms with Crippen molar-refractivity contribution in [1.82, 2.24) is 10.3 Å². The summed E-state index contributed by atoms with van der Waals surface area (Å²) in [6, 6.07) is -1.87. The molecular formula is C13H19F3N2OS. The van der Waals surface area contributed by atoms with E-state index < -0.39 is 23.5 Å². The first-order chi connectivity index (χ1) is 8.91. The van der Waals surface area contributed by atoms with Crippen LogP contribution >= 0.6 is 11.3 Å². The molecule has 1 heterocycles. The Morgan fingerprint density at radius 2 is 1.85 bits per heavy atom. The van der Waals surface area contributed by atoms with E-state index in [0.29, 0.717) is 5.01 Å². The van der Waals surface area contributed by atoms with Crippen molar-refractivity contribution in [3.8, 4) is 0 Å². The minimum absolute atomic E-state index is 0.123. The second kappa shape index (κ2) is 5.71. The van der Waals surface area contributed by atoms with Crippen molar-refractivity contribution in [3.05, 3.63) is 15.6 Å². The van der Waals surface area contributed by atoms with Gasteiger partial charge < -0.3 is 5.32 Å². The van der Waals surface area contributed by atoms with Crippen LogP contribution in [0.3, 0.4) is 0 Å². The van der Waals surface area contributed by atoms with E-state index in [1.54, 1.807) is 6.92 Å². The average molecular weight is 308 g/mol. The first-order valence-corrected chi connectivity index (χ1v) is 7.02. The second-order valence-corrected chi connectivity index (χ2v) is 7.12. The van der Waals surface area contributed by atoms with Crippen molar-refractivity contribution in [2.24, 2.45) is 5.41 Å². The molecule has 0 saturated carbocycles. The van der Waals surface area contributed by atoms with Gasteiger partial charge >= 0.3 is 6.18 Å². The molecule has 0 aromatic carbocycles. The van der Waals surface area contributed by atoms with Gasteiger partial charge in [0, 0.05) is 4.88 Å². The molecule has 1 rings (SSSR count). The maximum absolute atomic E-state index is 13.0. The number of hydrogen-bond acceptors (Lipinski definition) is 3. The molecule has 0 aliphatic heterocycles. The predicted octanol–water partition coefficient (Wildman–Crippen LogP) is 3.40. The van der Waals surface area contributed by atoms with Crippen molar-refractivity contribution >= 4 is 17.2 Å². The van der Waals surface area contributed by atoms with Gasteiger partial charge in [-0.3, -0.25) is 4.79 Å². The third kappa shape index (κ3) is 4.47. The van der Waals surface area contributed by atoms with Crippen LogP contribution in [0.5, 0.6) is 0 Å². The summed E-state index contributed by atoms with van der Waals surface area (Å²) in [6.45, 7) is 8.01. The Hall–Kier alpha value is -1.11. The number of nitrogens with zero attached hydrogens (tertiary/aromatic N) is 1. The summed E-state index contributed by atoms with van der Waals surface area (Å²) >= 11 is 1.33. The predicted molar refractivity (Wildman–Crippen MR) is 72.7 cm³/mol. The lowest BCUT2D eigenvalue weighted by atomic mass is 9.86. The van der Waals surface area contributed by atoms with E-state index >= 15 is 0 Å². The SMILES string of the molecule is Cc1nc(CC(=O)NC(C(C)(C)C)C(F)(F)F)sc1C. The van der Waals surface area contributed by atoms with Crippen LogP contribution in [0, 0.1) is 19.3 Å². The summed E-state index contributed by atoms with van der Waals surface area (Å²) in [6.07, 6.45) is -4.59. The highest BCUT2D eigenvalue weighted by Gasteiger charge is 2.47. The van der Waals surface area contributed by atoms with E-state index in [4.69, 9.17) is 0 Å². The van der Waals surface area contributed by atoms with E-state index in [1.807, 2.05) is 6.92 Å². The molecule has 7 heteroatoms. The van der Waals surface area contributed by atoms with Crippen LogP contribution in [0.1, 0.15) is 36.3 Å². The molecule has 3 nitrogen and oxygen atoms in total. The number of aryl methyl sites for hydroxylation is 2. The summed E-state index contributed by atoms with van der Waals surface area (Å²) in [5.41, 5.74) is -0.288. The quantitative estimate of drug-likeness (QED) is 0.930. The molecule has 0 radical (unpaired) electrons. The maximum Gasteiger partial charge on any atom is 0.409 e. The van der Waals surface area contributed by atoms with Crippen molar-refractivity contribution in [2.75, 3.05) is 0 Å². The van der Waals surface area contributed by atoms with Gasteiger partial charge in [-0.2, -0.15) is 13.2 Å². The number of thiazole rings is 1. The fraction of sp³-hybridized carbons (Fsp3) is 0.692. The zero-order valence-corrected chi connectivity index (χ0v) is 13.0. The number of amides is 1. The fourth-order valence-corrected chi connectivity index (χ4v) is 2.69. The first kappa shape index (κ1) is 16.9. The number of nitrogens with one attached hydrogen (secondary N) is 1. The molecule has 0 spiro atoms. The van der Waals surface area contributed by atoms with Gasteiger partial charge in [0.1, 0.15) is 11.0 Å². The highest BCUT2D eigenvalue weighted by Crippen LogP contribution is 2.33. The van der Waals surface area contributed by atoms with Crippen LogP contribution in [-0.2, 0) is 11.2 Å². The van der Waals surface area contributed by atoms with Crippen molar-refractivity contribution in [2.45, 2.75) is 53.3 Å². The topological polar surface area (TPSA) is 42.0 Å². The van der Waals surface area contributed by atoms with E-state index in [9.17, 15) is 18.0 Å². The van der Waals surface area contributed by atoms with E-state index in [0.717, 1.165) is 10.6 Å². The zero-order chi connectivity index (χ0) is 15.7. The lowest BCUT2D eigenvalue weighted by Crippen LogP contribution is -2.53. The van der Waals surface area contributed by atoms with Crippen LogP contribution < -0.4 is 5.32 Å². The van der Waals surface area contributed by atoms with Crippen LogP contribution in [0.15, 0.2) is 0 Å². The van der Waals surface area contributed by atoms with Gasteiger partial charge in [0.2, 0.25) is 5.91 Å². The molecule has 0 bridgehead atoms. The summed E-state index contributed by atoms with van der Waals surface area (Å²) in [5, 5.41) is 2.61. The number of halogens is 3.